The second-order valence-electron chi connectivity index (χ2n) is 10.2. The third-order valence-corrected chi connectivity index (χ3v) is 8.11. The first-order valence-electron chi connectivity index (χ1n) is 13.5. The fraction of sp³-hybridized carbons (Fsp3) is 0.412. The molecule has 0 spiro atoms. The Morgan fingerprint density at radius 3 is 2.08 bits per heavy atom. The van der Waals surface area contributed by atoms with E-state index in [0.29, 0.717) is 6.61 Å². The van der Waals surface area contributed by atoms with Crippen molar-refractivity contribution in [3.05, 3.63) is 94.0 Å². The smallest absolute Gasteiger partial charge is 0.152 e. The zero-order valence-electron chi connectivity index (χ0n) is 23.2. The molecule has 194 valence electrons. The van der Waals surface area contributed by atoms with Crippen LogP contribution in [0.3, 0.4) is 0 Å². The van der Waals surface area contributed by atoms with Crippen LogP contribution in [0.25, 0.3) is 11.1 Å². The summed E-state index contributed by atoms with van der Waals surface area (Å²) < 4.78 is 5.57. The monoisotopic (exact) mass is 496 g/mol. The molecule has 3 nitrogen and oxygen atoms in total. The maximum Gasteiger partial charge on any atom is 0.152 e. The number of hydrogen-bond acceptors (Lipinski definition) is 3. The van der Waals surface area contributed by atoms with E-state index in [1.165, 1.54) is 38.9 Å². The fourth-order valence-electron chi connectivity index (χ4n) is 5.35. The molecule has 1 aliphatic heterocycles. The van der Waals surface area contributed by atoms with Gasteiger partial charge in [-0.25, -0.2) is 9.78 Å². The minimum atomic E-state index is -0.209. The molecule has 3 aromatic carbocycles. The Morgan fingerprint density at radius 1 is 0.892 bits per heavy atom. The molecule has 1 heterocycles. The van der Waals surface area contributed by atoms with Gasteiger partial charge in [-0.3, -0.25) is 0 Å². The van der Waals surface area contributed by atoms with Gasteiger partial charge in [-0.1, -0.05) is 87.2 Å². The highest BCUT2D eigenvalue weighted by molar-refractivity contribution is 5.68. The van der Waals surface area contributed by atoms with E-state index in [2.05, 4.69) is 107 Å². The van der Waals surface area contributed by atoms with Crippen LogP contribution in [0.4, 0.5) is 0 Å². The predicted molar refractivity (Wildman–Crippen MR) is 152 cm³/mol. The molecule has 0 bridgehead atoms. The van der Waals surface area contributed by atoms with Crippen LogP contribution in [0.1, 0.15) is 73.4 Å². The Labute approximate surface area is 223 Å². The number of hydrogen-bond donors (Lipinski definition) is 0. The molecule has 0 aromatic heterocycles. The molecule has 4 rings (SSSR count). The van der Waals surface area contributed by atoms with E-state index >= 15 is 0 Å². The SMILES string of the molecule is CCC1(C#Cc2ccc(C(CC)(CC)c3ccc(-c4ccc(CCOOC)cc4)c(C)c3)cc2C)CO1. The summed E-state index contributed by atoms with van der Waals surface area (Å²) in [5.74, 6) is 6.74. The van der Waals surface area contributed by atoms with Gasteiger partial charge in [-0.05, 0) is 84.5 Å². The van der Waals surface area contributed by atoms with Crippen molar-refractivity contribution in [2.45, 2.75) is 71.3 Å². The predicted octanol–water partition coefficient (Wildman–Crippen LogP) is 7.73. The molecule has 3 aromatic rings. The summed E-state index contributed by atoms with van der Waals surface area (Å²) in [7, 11) is 1.54. The van der Waals surface area contributed by atoms with Crippen LogP contribution < -0.4 is 0 Å². The second kappa shape index (κ2) is 11.7. The van der Waals surface area contributed by atoms with Gasteiger partial charge in [-0.15, -0.1) is 0 Å². The number of aryl methyl sites for hydroxylation is 2. The topological polar surface area (TPSA) is 31.0 Å². The summed E-state index contributed by atoms with van der Waals surface area (Å²) in [6.07, 6.45) is 3.85. The summed E-state index contributed by atoms with van der Waals surface area (Å²) in [4.78, 5) is 9.70. The van der Waals surface area contributed by atoms with Gasteiger partial charge in [0.1, 0.15) is 0 Å². The minimum Gasteiger partial charge on any atom is -0.356 e. The Balaban J connectivity index is 1.61. The first kappa shape index (κ1) is 27.1. The number of ether oxygens (including phenoxy) is 1. The molecule has 0 amide bonds. The van der Waals surface area contributed by atoms with Gasteiger partial charge in [0.05, 0.1) is 20.3 Å². The molecule has 3 heteroatoms. The largest absolute Gasteiger partial charge is 0.356 e. The van der Waals surface area contributed by atoms with Gasteiger partial charge in [0.2, 0.25) is 0 Å². The molecular weight excluding hydrogens is 456 g/mol. The summed E-state index contributed by atoms with van der Waals surface area (Å²) in [5.41, 5.74) is 9.88. The first-order chi connectivity index (χ1) is 17.9. The lowest BCUT2D eigenvalue weighted by Crippen LogP contribution is -2.26. The highest BCUT2D eigenvalue weighted by atomic mass is 17.2. The van der Waals surface area contributed by atoms with E-state index in [-0.39, 0.29) is 11.0 Å². The molecule has 1 aliphatic rings. The van der Waals surface area contributed by atoms with Crippen LogP contribution >= 0.6 is 0 Å². The Bertz CT molecular complexity index is 1270. The molecule has 1 fully saturated rings. The van der Waals surface area contributed by atoms with E-state index in [1.807, 2.05) is 0 Å². The van der Waals surface area contributed by atoms with Gasteiger partial charge in [-0.2, -0.15) is 0 Å². The van der Waals surface area contributed by atoms with Gasteiger partial charge in [0.15, 0.2) is 5.60 Å². The van der Waals surface area contributed by atoms with E-state index < -0.39 is 0 Å². The van der Waals surface area contributed by atoms with E-state index in [4.69, 9.17) is 14.5 Å². The third kappa shape index (κ3) is 5.83. The lowest BCUT2D eigenvalue weighted by atomic mass is 9.69. The van der Waals surface area contributed by atoms with Gasteiger partial charge < -0.3 is 4.74 Å². The molecule has 1 atom stereocenters. The zero-order chi connectivity index (χ0) is 26.5. The number of rotatable bonds is 10. The van der Waals surface area contributed by atoms with Crippen molar-refractivity contribution in [2.75, 3.05) is 20.3 Å². The fourth-order valence-corrected chi connectivity index (χ4v) is 5.35. The standard InChI is InChI=1S/C34H40O3/c1-7-33(24-36-33)20-18-28-14-15-30(22-25(28)4)34(8-2,9-3)31-16-17-32(26(5)23-31)29-12-10-27(11-13-29)19-21-37-35-6/h10-17,22-23H,7-9,19,21,24H2,1-6H3. The molecule has 0 saturated carbocycles. The summed E-state index contributed by atoms with van der Waals surface area (Å²) in [5, 5.41) is 0. The van der Waals surface area contributed by atoms with Crippen molar-refractivity contribution < 1.29 is 14.5 Å². The van der Waals surface area contributed by atoms with Crippen LogP contribution in [0.5, 0.6) is 0 Å². The van der Waals surface area contributed by atoms with Gasteiger partial charge in [0.25, 0.3) is 0 Å². The average Bonchev–Trinajstić information content (AvgIpc) is 3.70. The van der Waals surface area contributed by atoms with Crippen molar-refractivity contribution in [2.24, 2.45) is 0 Å². The Kier molecular flexibility index (Phi) is 8.55. The maximum absolute atomic E-state index is 5.57. The van der Waals surface area contributed by atoms with Crippen LogP contribution in [-0.2, 0) is 26.3 Å². The lowest BCUT2D eigenvalue weighted by molar-refractivity contribution is -0.271. The minimum absolute atomic E-state index is 0.0323. The number of epoxide rings is 1. The molecule has 37 heavy (non-hydrogen) atoms. The molecular formula is C34H40O3. The quantitative estimate of drug-likeness (QED) is 0.0946. The molecule has 0 radical (unpaired) electrons. The summed E-state index contributed by atoms with van der Waals surface area (Å²) >= 11 is 0. The van der Waals surface area contributed by atoms with Crippen molar-refractivity contribution in [3.63, 3.8) is 0 Å². The van der Waals surface area contributed by atoms with Crippen LogP contribution in [-0.4, -0.2) is 25.9 Å². The van der Waals surface area contributed by atoms with Crippen LogP contribution in [0, 0.1) is 25.7 Å². The highest BCUT2D eigenvalue weighted by Crippen LogP contribution is 2.41. The van der Waals surface area contributed by atoms with Gasteiger partial charge in [0, 0.05) is 11.0 Å². The van der Waals surface area contributed by atoms with E-state index in [0.717, 1.165) is 37.9 Å². The van der Waals surface area contributed by atoms with Crippen molar-refractivity contribution in [1.82, 2.24) is 0 Å². The highest BCUT2D eigenvalue weighted by Gasteiger charge is 2.41. The number of benzene rings is 3. The normalized spacial score (nSPS) is 16.8. The van der Waals surface area contributed by atoms with Crippen LogP contribution in [0.2, 0.25) is 0 Å². The summed E-state index contributed by atoms with van der Waals surface area (Å²) in [6.45, 7) is 12.5. The van der Waals surface area contributed by atoms with Crippen molar-refractivity contribution >= 4 is 0 Å². The Morgan fingerprint density at radius 2 is 1.54 bits per heavy atom. The van der Waals surface area contributed by atoms with E-state index in [9.17, 15) is 0 Å². The van der Waals surface area contributed by atoms with E-state index in [1.54, 1.807) is 7.11 Å². The van der Waals surface area contributed by atoms with Crippen LogP contribution in [0.15, 0.2) is 60.7 Å². The molecule has 1 saturated heterocycles. The Hall–Kier alpha value is -2.90. The van der Waals surface area contributed by atoms with Gasteiger partial charge >= 0.3 is 0 Å². The second-order valence-corrected chi connectivity index (χ2v) is 10.2. The maximum atomic E-state index is 5.57. The molecule has 1 unspecified atom stereocenters. The summed E-state index contributed by atoms with van der Waals surface area (Å²) in [6, 6.07) is 22.6. The lowest BCUT2D eigenvalue weighted by Gasteiger charge is -2.34. The van der Waals surface area contributed by atoms with Crippen molar-refractivity contribution in [1.29, 1.82) is 0 Å². The average molecular weight is 497 g/mol. The first-order valence-corrected chi connectivity index (χ1v) is 13.5. The van der Waals surface area contributed by atoms with Crippen molar-refractivity contribution in [3.8, 4) is 23.0 Å². The molecule has 0 aliphatic carbocycles. The zero-order valence-corrected chi connectivity index (χ0v) is 23.2. The third-order valence-electron chi connectivity index (χ3n) is 8.11. The molecule has 0 N–H and O–H groups in total.